The van der Waals surface area contributed by atoms with E-state index in [1.807, 2.05) is 0 Å². The Hall–Kier alpha value is -1.46. The molecule has 0 saturated carbocycles. The molecule has 0 saturated heterocycles. The molecule has 1 aromatic carbocycles. The lowest BCUT2D eigenvalue weighted by molar-refractivity contribution is -0.142. The minimum absolute atomic E-state index is 0.181. The maximum Gasteiger partial charge on any atom is 0.326 e. The second-order valence-corrected chi connectivity index (χ2v) is 5.00. The minimum atomic E-state index is -0.942. The Morgan fingerprint density at radius 1 is 1.58 bits per heavy atom. The average molecular weight is 302 g/mol. The number of carbonyl (C=O) groups is 1. The van der Waals surface area contributed by atoms with Crippen LogP contribution in [0.1, 0.15) is 18.9 Å². The zero-order valence-electron chi connectivity index (χ0n) is 10.2. The molecule has 1 aromatic rings. The van der Waals surface area contributed by atoms with Crippen molar-refractivity contribution in [2.24, 2.45) is 10.7 Å². The number of fused-ring (bicyclic) bond motifs is 1. The van der Waals surface area contributed by atoms with E-state index in [-0.39, 0.29) is 12.5 Å². The van der Waals surface area contributed by atoms with Crippen LogP contribution in [0.3, 0.4) is 0 Å². The van der Waals surface area contributed by atoms with Crippen LogP contribution in [0, 0.1) is 0 Å². The summed E-state index contributed by atoms with van der Waals surface area (Å²) in [6.45, 7) is 2.07. The van der Waals surface area contributed by atoms with E-state index in [0.29, 0.717) is 27.7 Å². The smallest absolute Gasteiger partial charge is 0.326 e. The molecule has 1 heterocycles. The minimum Gasteiger partial charge on any atom is -0.480 e. The van der Waals surface area contributed by atoms with Crippen LogP contribution in [-0.2, 0) is 11.3 Å². The van der Waals surface area contributed by atoms with Gasteiger partial charge in [0.15, 0.2) is 5.96 Å². The van der Waals surface area contributed by atoms with E-state index in [1.54, 1.807) is 19.1 Å². The van der Waals surface area contributed by atoms with Gasteiger partial charge in [-0.25, -0.2) is 9.79 Å². The van der Waals surface area contributed by atoms with E-state index < -0.39 is 12.0 Å². The molecule has 7 heteroatoms. The Morgan fingerprint density at radius 3 is 2.84 bits per heavy atom. The van der Waals surface area contributed by atoms with Crippen molar-refractivity contribution in [1.82, 2.24) is 4.90 Å². The lowest BCUT2D eigenvalue weighted by Gasteiger charge is -2.33. The quantitative estimate of drug-likeness (QED) is 0.899. The summed E-state index contributed by atoms with van der Waals surface area (Å²) in [7, 11) is 0. The van der Waals surface area contributed by atoms with Gasteiger partial charge in [-0.05, 0) is 18.6 Å². The number of aliphatic imine (C=N–C) groups is 1. The molecule has 1 aliphatic heterocycles. The predicted octanol–water partition coefficient (Wildman–Crippen LogP) is 2.62. The van der Waals surface area contributed by atoms with Gasteiger partial charge in [0, 0.05) is 5.56 Å². The molecule has 0 radical (unpaired) electrons. The van der Waals surface area contributed by atoms with E-state index in [2.05, 4.69) is 4.99 Å². The number of hydrogen-bond donors (Lipinski definition) is 2. The number of aliphatic carboxylic acids is 1. The summed E-state index contributed by atoms with van der Waals surface area (Å²) < 4.78 is 0. The molecule has 1 aliphatic rings. The van der Waals surface area contributed by atoms with Gasteiger partial charge in [-0.15, -0.1) is 0 Å². The van der Waals surface area contributed by atoms with Gasteiger partial charge in [-0.3, -0.25) is 0 Å². The van der Waals surface area contributed by atoms with Gasteiger partial charge in [0.1, 0.15) is 6.04 Å². The van der Waals surface area contributed by atoms with E-state index >= 15 is 0 Å². The SMILES string of the molecule is CCC(C(=O)O)N1Cc2c(ccc(Cl)c2Cl)N=C1N. The Morgan fingerprint density at radius 2 is 2.26 bits per heavy atom. The van der Waals surface area contributed by atoms with Crippen molar-refractivity contribution >= 4 is 40.8 Å². The fourth-order valence-electron chi connectivity index (χ4n) is 2.07. The first-order chi connectivity index (χ1) is 8.95. The van der Waals surface area contributed by atoms with Crippen molar-refractivity contribution in [1.29, 1.82) is 0 Å². The number of carboxylic acids is 1. The summed E-state index contributed by atoms with van der Waals surface area (Å²) >= 11 is 12.1. The fraction of sp³-hybridized carbons (Fsp3) is 0.333. The van der Waals surface area contributed by atoms with Crippen molar-refractivity contribution in [3.05, 3.63) is 27.7 Å². The Bertz CT molecular complexity index is 560. The first-order valence-electron chi connectivity index (χ1n) is 5.76. The van der Waals surface area contributed by atoms with Gasteiger partial charge < -0.3 is 15.7 Å². The monoisotopic (exact) mass is 301 g/mol. The van der Waals surface area contributed by atoms with Gasteiger partial charge in [-0.1, -0.05) is 30.1 Å². The fourth-order valence-corrected chi connectivity index (χ4v) is 2.47. The van der Waals surface area contributed by atoms with Crippen molar-refractivity contribution in [2.45, 2.75) is 25.9 Å². The van der Waals surface area contributed by atoms with E-state index in [0.717, 1.165) is 0 Å². The van der Waals surface area contributed by atoms with Gasteiger partial charge in [0.25, 0.3) is 0 Å². The maximum atomic E-state index is 11.2. The lowest BCUT2D eigenvalue weighted by Crippen LogP contribution is -2.48. The Kier molecular flexibility index (Phi) is 3.87. The highest BCUT2D eigenvalue weighted by molar-refractivity contribution is 6.42. The standard InChI is InChI=1S/C12H13Cl2N3O2/c1-2-9(11(18)19)17-5-6-8(16-12(17)15)4-3-7(13)10(6)14/h3-4,9H,2,5H2,1H3,(H2,15,16)(H,18,19). The highest BCUT2D eigenvalue weighted by atomic mass is 35.5. The van der Waals surface area contributed by atoms with Crippen molar-refractivity contribution < 1.29 is 9.90 Å². The largest absolute Gasteiger partial charge is 0.480 e. The number of benzene rings is 1. The average Bonchev–Trinajstić information content (AvgIpc) is 2.36. The van der Waals surface area contributed by atoms with Crippen LogP contribution in [0.5, 0.6) is 0 Å². The van der Waals surface area contributed by atoms with Crippen LogP contribution in [0.25, 0.3) is 0 Å². The zero-order chi connectivity index (χ0) is 14.2. The Balaban J connectivity index is 2.45. The van der Waals surface area contributed by atoms with Crippen LogP contribution in [0.4, 0.5) is 5.69 Å². The highest BCUT2D eigenvalue weighted by Gasteiger charge is 2.30. The molecule has 0 fully saturated rings. The van der Waals surface area contributed by atoms with Gasteiger partial charge >= 0.3 is 5.97 Å². The summed E-state index contributed by atoms with van der Waals surface area (Å²) in [4.78, 5) is 16.9. The molecule has 2 rings (SSSR count). The second-order valence-electron chi connectivity index (χ2n) is 4.22. The van der Waals surface area contributed by atoms with Crippen molar-refractivity contribution in [3.63, 3.8) is 0 Å². The molecule has 0 aliphatic carbocycles. The predicted molar refractivity (Wildman–Crippen MR) is 75.0 cm³/mol. The van der Waals surface area contributed by atoms with Crippen LogP contribution in [0.2, 0.25) is 10.0 Å². The summed E-state index contributed by atoms with van der Waals surface area (Å²) in [5.41, 5.74) is 7.16. The number of nitrogens with two attached hydrogens (primary N) is 1. The summed E-state index contributed by atoms with van der Waals surface area (Å²) in [5.74, 6) is -0.762. The third-order valence-corrected chi connectivity index (χ3v) is 3.92. The Labute approximate surface area is 120 Å². The van der Waals surface area contributed by atoms with Crippen molar-refractivity contribution in [3.8, 4) is 0 Å². The third kappa shape index (κ3) is 2.48. The van der Waals surface area contributed by atoms with Gasteiger partial charge in [0.05, 0.1) is 22.3 Å². The van der Waals surface area contributed by atoms with E-state index in [1.165, 1.54) is 4.90 Å². The molecule has 0 aromatic heterocycles. The molecule has 0 amide bonds. The second kappa shape index (κ2) is 5.27. The highest BCUT2D eigenvalue weighted by Crippen LogP contribution is 2.36. The third-order valence-electron chi connectivity index (χ3n) is 3.08. The van der Waals surface area contributed by atoms with Crippen LogP contribution in [0.15, 0.2) is 17.1 Å². The number of halogens is 2. The van der Waals surface area contributed by atoms with Crippen LogP contribution >= 0.6 is 23.2 Å². The first-order valence-corrected chi connectivity index (χ1v) is 6.51. The van der Waals surface area contributed by atoms with Gasteiger partial charge in [0.2, 0.25) is 0 Å². The molecular weight excluding hydrogens is 289 g/mol. The molecule has 0 bridgehead atoms. The van der Waals surface area contributed by atoms with E-state index in [9.17, 15) is 9.90 Å². The van der Waals surface area contributed by atoms with Crippen LogP contribution < -0.4 is 5.73 Å². The molecule has 102 valence electrons. The normalized spacial score (nSPS) is 15.7. The number of rotatable bonds is 3. The summed E-state index contributed by atoms with van der Waals surface area (Å²) in [6, 6.07) is 2.63. The zero-order valence-corrected chi connectivity index (χ0v) is 11.7. The van der Waals surface area contributed by atoms with Crippen molar-refractivity contribution in [2.75, 3.05) is 0 Å². The summed E-state index contributed by atoms with van der Waals surface area (Å²) in [5, 5.41) is 10.0. The summed E-state index contributed by atoms with van der Waals surface area (Å²) in [6.07, 6.45) is 0.416. The molecule has 5 nitrogen and oxygen atoms in total. The number of carboxylic acid groups (broad SMARTS) is 1. The maximum absolute atomic E-state index is 11.2. The molecule has 1 atom stereocenters. The van der Waals surface area contributed by atoms with Crippen LogP contribution in [-0.4, -0.2) is 28.0 Å². The number of nitrogens with zero attached hydrogens (tertiary/aromatic N) is 2. The molecule has 19 heavy (non-hydrogen) atoms. The molecular formula is C12H13Cl2N3O2. The number of hydrogen-bond acceptors (Lipinski definition) is 4. The molecule has 1 unspecified atom stereocenters. The van der Waals surface area contributed by atoms with E-state index in [4.69, 9.17) is 28.9 Å². The first kappa shape index (κ1) is 14.0. The molecule has 0 spiro atoms. The lowest BCUT2D eigenvalue weighted by atomic mass is 10.1. The van der Waals surface area contributed by atoms with Gasteiger partial charge in [-0.2, -0.15) is 0 Å². The number of guanidine groups is 1. The molecule has 3 N–H and O–H groups in total. The topological polar surface area (TPSA) is 78.9 Å².